The first-order valence-electron chi connectivity index (χ1n) is 6.65. The number of nitrogens with zero attached hydrogens (tertiary/aromatic N) is 2. The summed E-state index contributed by atoms with van der Waals surface area (Å²) in [5, 5.41) is 7.58. The van der Waals surface area contributed by atoms with E-state index in [1.807, 2.05) is 0 Å². The van der Waals surface area contributed by atoms with E-state index in [4.69, 9.17) is 16.3 Å². The van der Waals surface area contributed by atoms with Crippen LogP contribution in [0.3, 0.4) is 0 Å². The van der Waals surface area contributed by atoms with Crippen LogP contribution in [0.2, 0.25) is 5.02 Å². The van der Waals surface area contributed by atoms with Crippen molar-refractivity contribution in [2.45, 2.75) is 45.7 Å². The molecule has 1 aromatic heterocycles. The van der Waals surface area contributed by atoms with E-state index in [-0.39, 0.29) is 10.6 Å². The first kappa shape index (κ1) is 16.0. The summed E-state index contributed by atoms with van der Waals surface area (Å²) >= 11 is 6.10. The van der Waals surface area contributed by atoms with Gasteiger partial charge in [0.05, 0.1) is 25.0 Å². The van der Waals surface area contributed by atoms with Crippen molar-refractivity contribution in [3.8, 4) is 0 Å². The molecular weight excluding hydrogens is 266 g/mol. The number of aromatic nitrogens is 2. The highest BCUT2D eigenvalue weighted by atomic mass is 35.5. The zero-order valence-electron chi connectivity index (χ0n) is 11.8. The highest BCUT2D eigenvalue weighted by molar-refractivity contribution is 6.32. The highest BCUT2D eigenvalue weighted by Crippen LogP contribution is 2.18. The summed E-state index contributed by atoms with van der Waals surface area (Å²) in [4.78, 5) is 12.0. The molecule has 1 aromatic rings. The number of nitrogens with one attached hydrogen (secondary N) is 1. The monoisotopic (exact) mass is 287 g/mol. The molecule has 5 nitrogen and oxygen atoms in total. The molecule has 19 heavy (non-hydrogen) atoms. The fraction of sp³-hybridized carbons (Fsp3) is 0.692. The summed E-state index contributed by atoms with van der Waals surface area (Å²) in [7, 11) is 1.58. The second kappa shape index (κ2) is 8.17. The molecule has 0 saturated carbocycles. The van der Waals surface area contributed by atoms with Gasteiger partial charge in [0.25, 0.3) is 5.56 Å². The number of rotatable bonds is 8. The summed E-state index contributed by atoms with van der Waals surface area (Å²) in [6.07, 6.45) is 4.72. The van der Waals surface area contributed by atoms with Crippen molar-refractivity contribution in [1.82, 2.24) is 9.78 Å². The number of anilines is 1. The zero-order chi connectivity index (χ0) is 14.3. The van der Waals surface area contributed by atoms with E-state index in [0.29, 0.717) is 24.9 Å². The molecular formula is C13H22ClN3O2. The Balaban J connectivity index is 2.86. The standard InChI is InChI=1S/C13H22ClN3O2/c1-4-6-10(5-2)16-11-9-15-17(7-8-19-3)13(18)12(11)14/h9-10,16H,4-8H2,1-3H3. The first-order valence-corrected chi connectivity index (χ1v) is 7.02. The van der Waals surface area contributed by atoms with Gasteiger partial charge in [0.1, 0.15) is 5.02 Å². The van der Waals surface area contributed by atoms with Crippen LogP contribution in [0.25, 0.3) is 0 Å². The molecule has 0 aliphatic heterocycles. The third-order valence-electron chi connectivity index (χ3n) is 2.98. The maximum atomic E-state index is 12.0. The number of hydrogen-bond donors (Lipinski definition) is 1. The summed E-state index contributed by atoms with van der Waals surface area (Å²) in [6, 6.07) is 0.318. The molecule has 1 unspecified atom stereocenters. The van der Waals surface area contributed by atoms with Crippen molar-refractivity contribution < 1.29 is 4.74 Å². The highest BCUT2D eigenvalue weighted by Gasteiger charge is 2.12. The van der Waals surface area contributed by atoms with Crippen LogP contribution in [-0.4, -0.2) is 29.5 Å². The third kappa shape index (κ3) is 4.51. The molecule has 0 amide bonds. The molecule has 0 spiro atoms. The Bertz CT molecular complexity index is 448. The molecule has 0 aliphatic rings. The van der Waals surface area contributed by atoms with Gasteiger partial charge in [-0.2, -0.15) is 5.10 Å². The van der Waals surface area contributed by atoms with Crippen LogP contribution < -0.4 is 10.9 Å². The van der Waals surface area contributed by atoms with E-state index in [9.17, 15) is 4.79 Å². The van der Waals surface area contributed by atoms with Crippen molar-refractivity contribution in [1.29, 1.82) is 0 Å². The Kier molecular flexibility index (Phi) is 6.87. The van der Waals surface area contributed by atoms with Gasteiger partial charge in [0, 0.05) is 13.2 Å². The molecule has 6 heteroatoms. The molecule has 0 bridgehead atoms. The van der Waals surface area contributed by atoms with Crippen LogP contribution >= 0.6 is 11.6 Å². The van der Waals surface area contributed by atoms with Crippen LogP contribution in [0.1, 0.15) is 33.1 Å². The topological polar surface area (TPSA) is 56.1 Å². The molecule has 0 aliphatic carbocycles. The van der Waals surface area contributed by atoms with Gasteiger partial charge in [0.15, 0.2) is 0 Å². The lowest BCUT2D eigenvalue weighted by atomic mass is 10.1. The smallest absolute Gasteiger partial charge is 0.287 e. The number of hydrogen-bond acceptors (Lipinski definition) is 4. The number of halogens is 1. The number of methoxy groups -OCH3 is 1. The Morgan fingerprint density at radius 3 is 2.84 bits per heavy atom. The molecule has 1 N–H and O–H groups in total. The van der Waals surface area contributed by atoms with Crippen molar-refractivity contribution in [2.24, 2.45) is 0 Å². The predicted molar refractivity (Wildman–Crippen MR) is 78.0 cm³/mol. The summed E-state index contributed by atoms with van der Waals surface area (Å²) in [5.74, 6) is 0. The minimum atomic E-state index is -0.282. The molecule has 1 atom stereocenters. The van der Waals surface area contributed by atoms with E-state index >= 15 is 0 Å². The molecule has 0 radical (unpaired) electrons. The van der Waals surface area contributed by atoms with E-state index in [0.717, 1.165) is 19.3 Å². The van der Waals surface area contributed by atoms with E-state index in [2.05, 4.69) is 24.3 Å². The molecule has 0 fully saturated rings. The van der Waals surface area contributed by atoms with Gasteiger partial charge < -0.3 is 10.1 Å². The number of ether oxygens (including phenoxy) is 1. The van der Waals surface area contributed by atoms with Gasteiger partial charge in [-0.15, -0.1) is 0 Å². The van der Waals surface area contributed by atoms with Crippen molar-refractivity contribution >= 4 is 17.3 Å². The minimum absolute atomic E-state index is 0.195. The van der Waals surface area contributed by atoms with E-state index in [1.165, 1.54) is 4.68 Å². The SMILES string of the molecule is CCCC(CC)Nc1cnn(CCOC)c(=O)c1Cl. The van der Waals surface area contributed by atoms with Gasteiger partial charge in [0.2, 0.25) is 0 Å². The van der Waals surface area contributed by atoms with Crippen LogP contribution in [0.4, 0.5) is 5.69 Å². The minimum Gasteiger partial charge on any atom is -0.383 e. The molecule has 0 aromatic carbocycles. The van der Waals surface area contributed by atoms with Crippen molar-refractivity contribution in [3.05, 3.63) is 21.6 Å². The van der Waals surface area contributed by atoms with E-state index in [1.54, 1.807) is 13.3 Å². The maximum absolute atomic E-state index is 12.0. The largest absolute Gasteiger partial charge is 0.383 e. The Labute approximate surface area is 118 Å². The lowest BCUT2D eigenvalue weighted by molar-refractivity contribution is 0.182. The lowest BCUT2D eigenvalue weighted by Gasteiger charge is -2.18. The molecule has 108 valence electrons. The quantitative estimate of drug-likeness (QED) is 0.798. The Morgan fingerprint density at radius 2 is 2.26 bits per heavy atom. The van der Waals surface area contributed by atoms with Gasteiger partial charge in [-0.25, -0.2) is 4.68 Å². The fourth-order valence-corrected chi connectivity index (χ4v) is 2.05. The summed E-state index contributed by atoms with van der Waals surface area (Å²) in [6.45, 7) is 5.08. The van der Waals surface area contributed by atoms with Crippen LogP contribution in [-0.2, 0) is 11.3 Å². The van der Waals surface area contributed by atoms with Gasteiger partial charge in [-0.3, -0.25) is 4.79 Å². The summed E-state index contributed by atoms with van der Waals surface area (Å²) < 4.78 is 6.24. The van der Waals surface area contributed by atoms with Crippen LogP contribution in [0.15, 0.2) is 11.0 Å². The molecule has 0 saturated heterocycles. The molecule has 1 rings (SSSR count). The summed E-state index contributed by atoms with van der Waals surface area (Å²) in [5.41, 5.74) is 0.329. The Morgan fingerprint density at radius 1 is 1.53 bits per heavy atom. The Hall–Kier alpha value is -1.07. The van der Waals surface area contributed by atoms with Gasteiger partial charge in [-0.05, 0) is 12.8 Å². The van der Waals surface area contributed by atoms with Crippen LogP contribution in [0.5, 0.6) is 0 Å². The maximum Gasteiger partial charge on any atom is 0.287 e. The lowest BCUT2D eigenvalue weighted by Crippen LogP contribution is -2.27. The normalized spacial score (nSPS) is 12.4. The first-order chi connectivity index (χ1) is 9.13. The third-order valence-corrected chi connectivity index (χ3v) is 3.35. The average molecular weight is 288 g/mol. The predicted octanol–water partition coefficient (Wildman–Crippen LogP) is 2.53. The van der Waals surface area contributed by atoms with Crippen molar-refractivity contribution in [3.63, 3.8) is 0 Å². The zero-order valence-corrected chi connectivity index (χ0v) is 12.5. The van der Waals surface area contributed by atoms with Gasteiger partial charge >= 0.3 is 0 Å². The van der Waals surface area contributed by atoms with E-state index < -0.39 is 0 Å². The fourth-order valence-electron chi connectivity index (χ4n) is 1.85. The second-order valence-electron chi connectivity index (χ2n) is 4.43. The van der Waals surface area contributed by atoms with Gasteiger partial charge in [-0.1, -0.05) is 31.9 Å². The van der Waals surface area contributed by atoms with Crippen molar-refractivity contribution in [2.75, 3.05) is 19.0 Å². The second-order valence-corrected chi connectivity index (χ2v) is 4.81. The van der Waals surface area contributed by atoms with Crippen LogP contribution in [0, 0.1) is 0 Å². The molecule has 1 heterocycles. The average Bonchev–Trinajstić information content (AvgIpc) is 2.42.